The lowest BCUT2D eigenvalue weighted by Crippen LogP contribution is -2.32. The number of thiazole rings is 1. The van der Waals surface area contributed by atoms with E-state index in [2.05, 4.69) is 20.2 Å². The predicted octanol–water partition coefficient (Wildman–Crippen LogP) is 2.95. The van der Waals surface area contributed by atoms with Crippen molar-refractivity contribution >= 4 is 44.3 Å². The molecular weight excluding hydrogens is 417 g/mol. The van der Waals surface area contributed by atoms with Crippen LogP contribution in [0.2, 0.25) is 5.02 Å². The van der Waals surface area contributed by atoms with Crippen LogP contribution in [0.25, 0.3) is 10.3 Å². The Labute approximate surface area is 175 Å². The fourth-order valence-corrected chi connectivity index (χ4v) is 4.45. The molecule has 0 atom stereocenters. The molecule has 4 rings (SSSR count). The average Bonchev–Trinajstić information content (AvgIpc) is 3.17. The number of fused-ring (bicyclic) bond motifs is 1. The van der Waals surface area contributed by atoms with Crippen molar-refractivity contribution in [2.24, 2.45) is 0 Å². The highest BCUT2D eigenvalue weighted by Gasteiger charge is 2.18. The largest absolute Gasteiger partial charge is 0.350 e. The second-order valence-corrected chi connectivity index (χ2v) is 8.28. The summed E-state index contributed by atoms with van der Waals surface area (Å²) >= 11 is 7.07. The van der Waals surface area contributed by atoms with Gasteiger partial charge in [0.1, 0.15) is 23.4 Å². The predicted molar refractivity (Wildman–Crippen MR) is 111 cm³/mol. The lowest BCUT2D eigenvalue weighted by molar-refractivity contribution is -0.121. The van der Waals surface area contributed by atoms with Crippen LogP contribution in [-0.4, -0.2) is 33.5 Å². The van der Waals surface area contributed by atoms with Crippen molar-refractivity contribution < 1.29 is 9.18 Å². The van der Waals surface area contributed by atoms with Crippen molar-refractivity contribution in [2.45, 2.75) is 32.4 Å². The van der Waals surface area contributed by atoms with Gasteiger partial charge in [0.25, 0.3) is 5.56 Å². The Morgan fingerprint density at radius 2 is 2.07 bits per heavy atom. The highest BCUT2D eigenvalue weighted by molar-refractivity contribution is 7.22. The molecule has 0 bridgehead atoms. The summed E-state index contributed by atoms with van der Waals surface area (Å²) < 4.78 is 14.9. The molecule has 2 aromatic heterocycles. The van der Waals surface area contributed by atoms with E-state index in [0.29, 0.717) is 15.9 Å². The maximum atomic E-state index is 13.2. The van der Waals surface area contributed by atoms with Gasteiger partial charge in [-0.05, 0) is 37.0 Å². The smallest absolute Gasteiger partial charge is 0.273 e. The normalized spacial score (nSPS) is 14.3. The van der Waals surface area contributed by atoms with Crippen molar-refractivity contribution in [1.29, 1.82) is 0 Å². The second kappa shape index (κ2) is 8.46. The van der Waals surface area contributed by atoms with Crippen LogP contribution >= 0.6 is 22.9 Å². The molecule has 1 N–H and O–H groups in total. The summed E-state index contributed by atoms with van der Waals surface area (Å²) in [4.78, 5) is 35.9. The van der Waals surface area contributed by atoms with Gasteiger partial charge in [0.05, 0.1) is 5.02 Å². The van der Waals surface area contributed by atoms with Gasteiger partial charge in [0, 0.05) is 19.6 Å². The Hall–Kier alpha value is -2.52. The number of halogens is 2. The maximum Gasteiger partial charge on any atom is 0.273 e. The Morgan fingerprint density at radius 1 is 1.28 bits per heavy atom. The van der Waals surface area contributed by atoms with Crippen molar-refractivity contribution in [3.8, 4) is 0 Å². The highest BCUT2D eigenvalue weighted by Crippen LogP contribution is 2.27. The molecule has 0 unspecified atom stereocenters. The standard InChI is InChI=1S/C19H19ClFN5O2S/c20-13-8-12(4-5-14(13)21)9-22-15(27)10-26-11-23-17-16(18(26)28)29-19(24-17)25-6-2-1-3-7-25/h4-5,8,11H,1-3,6-7,9-10H2,(H,22,27). The molecule has 1 aliphatic rings. The summed E-state index contributed by atoms with van der Waals surface area (Å²) in [5.74, 6) is -0.865. The number of hydrogen-bond acceptors (Lipinski definition) is 6. The summed E-state index contributed by atoms with van der Waals surface area (Å²) in [6.45, 7) is 1.89. The minimum Gasteiger partial charge on any atom is -0.350 e. The van der Waals surface area contributed by atoms with Crippen molar-refractivity contribution in [1.82, 2.24) is 19.9 Å². The van der Waals surface area contributed by atoms with Crippen LogP contribution in [0.1, 0.15) is 24.8 Å². The van der Waals surface area contributed by atoms with E-state index in [4.69, 9.17) is 11.6 Å². The minimum absolute atomic E-state index is 0.00248. The third-order valence-electron chi connectivity index (χ3n) is 4.79. The van der Waals surface area contributed by atoms with E-state index < -0.39 is 5.82 Å². The van der Waals surface area contributed by atoms with Gasteiger partial charge in [-0.2, -0.15) is 4.98 Å². The summed E-state index contributed by atoms with van der Waals surface area (Å²) in [6.07, 6.45) is 4.80. The number of rotatable bonds is 5. The van der Waals surface area contributed by atoms with Gasteiger partial charge in [-0.3, -0.25) is 14.2 Å². The molecule has 1 amide bonds. The van der Waals surface area contributed by atoms with E-state index >= 15 is 0 Å². The third kappa shape index (κ3) is 4.40. The lowest BCUT2D eigenvalue weighted by Gasteiger charge is -2.25. The fraction of sp³-hybridized carbons (Fsp3) is 0.368. The monoisotopic (exact) mass is 435 g/mol. The SMILES string of the molecule is O=C(Cn1cnc2nc(N3CCCCC3)sc2c1=O)NCc1ccc(F)c(Cl)c1. The summed E-state index contributed by atoms with van der Waals surface area (Å²) in [5.41, 5.74) is 0.799. The molecule has 0 spiro atoms. The maximum absolute atomic E-state index is 13.2. The van der Waals surface area contributed by atoms with Crippen LogP contribution in [0.15, 0.2) is 29.3 Å². The van der Waals surface area contributed by atoms with E-state index in [1.807, 2.05) is 0 Å². The number of nitrogens with zero attached hydrogens (tertiary/aromatic N) is 4. The number of piperidine rings is 1. The van der Waals surface area contributed by atoms with E-state index in [9.17, 15) is 14.0 Å². The van der Waals surface area contributed by atoms with Gasteiger partial charge in [-0.1, -0.05) is 29.0 Å². The molecule has 0 radical (unpaired) electrons. The Kier molecular flexibility index (Phi) is 5.77. The Morgan fingerprint density at radius 3 is 2.83 bits per heavy atom. The molecule has 1 saturated heterocycles. The van der Waals surface area contributed by atoms with Gasteiger partial charge in [-0.25, -0.2) is 9.37 Å². The van der Waals surface area contributed by atoms with E-state index in [0.717, 1.165) is 31.1 Å². The zero-order valence-electron chi connectivity index (χ0n) is 15.5. The molecule has 7 nitrogen and oxygen atoms in total. The molecule has 29 heavy (non-hydrogen) atoms. The number of amides is 1. The number of aromatic nitrogens is 3. The van der Waals surface area contributed by atoms with E-state index in [1.54, 1.807) is 6.07 Å². The van der Waals surface area contributed by atoms with Crippen LogP contribution < -0.4 is 15.8 Å². The first-order valence-corrected chi connectivity index (χ1v) is 10.5. The third-order valence-corrected chi connectivity index (χ3v) is 6.17. The molecule has 1 aromatic carbocycles. The summed E-state index contributed by atoms with van der Waals surface area (Å²) in [7, 11) is 0. The zero-order chi connectivity index (χ0) is 20.4. The Balaban J connectivity index is 1.45. The van der Waals surface area contributed by atoms with E-state index in [-0.39, 0.29) is 29.6 Å². The first kappa shape index (κ1) is 19.8. The van der Waals surface area contributed by atoms with Gasteiger partial charge in [0.2, 0.25) is 5.91 Å². The number of carbonyl (C=O) groups excluding carboxylic acids is 1. The Bertz CT molecular complexity index is 1110. The molecule has 3 heterocycles. The molecule has 0 saturated carbocycles. The lowest BCUT2D eigenvalue weighted by atomic mass is 10.1. The first-order chi connectivity index (χ1) is 14.0. The molecule has 1 fully saturated rings. The van der Waals surface area contributed by atoms with Gasteiger partial charge >= 0.3 is 0 Å². The topological polar surface area (TPSA) is 80.1 Å². The van der Waals surface area contributed by atoms with Gasteiger partial charge in [0.15, 0.2) is 10.8 Å². The van der Waals surface area contributed by atoms with Crippen LogP contribution in [0.3, 0.4) is 0 Å². The number of anilines is 1. The van der Waals surface area contributed by atoms with Crippen LogP contribution in [0.5, 0.6) is 0 Å². The zero-order valence-corrected chi connectivity index (χ0v) is 17.1. The average molecular weight is 436 g/mol. The number of hydrogen-bond donors (Lipinski definition) is 1. The highest BCUT2D eigenvalue weighted by atomic mass is 35.5. The van der Waals surface area contributed by atoms with E-state index in [1.165, 1.54) is 40.8 Å². The summed E-state index contributed by atoms with van der Waals surface area (Å²) in [5, 5.41) is 3.50. The molecule has 3 aromatic rings. The van der Waals surface area contributed by atoms with Gasteiger partial charge < -0.3 is 10.2 Å². The van der Waals surface area contributed by atoms with Crippen molar-refractivity contribution in [2.75, 3.05) is 18.0 Å². The van der Waals surface area contributed by atoms with Gasteiger partial charge in [-0.15, -0.1) is 0 Å². The number of carbonyl (C=O) groups is 1. The van der Waals surface area contributed by atoms with Crippen molar-refractivity contribution in [3.05, 3.63) is 51.3 Å². The quantitative estimate of drug-likeness (QED) is 0.666. The van der Waals surface area contributed by atoms with Crippen LogP contribution in [0.4, 0.5) is 9.52 Å². The molecule has 0 aliphatic carbocycles. The fourth-order valence-electron chi connectivity index (χ4n) is 3.23. The number of nitrogens with one attached hydrogen (secondary N) is 1. The second-order valence-electron chi connectivity index (χ2n) is 6.90. The number of benzene rings is 1. The van der Waals surface area contributed by atoms with Crippen molar-refractivity contribution in [3.63, 3.8) is 0 Å². The first-order valence-electron chi connectivity index (χ1n) is 9.33. The molecular formula is C19H19ClFN5O2S. The van der Waals surface area contributed by atoms with Crippen LogP contribution in [-0.2, 0) is 17.9 Å². The molecule has 152 valence electrons. The summed E-state index contributed by atoms with van der Waals surface area (Å²) in [6, 6.07) is 4.24. The van der Waals surface area contributed by atoms with Crippen LogP contribution in [0, 0.1) is 5.82 Å². The molecule has 10 heteroatoms. The molecule has 1 aliphatic heterocycles. The minimum atomic E-state index is -0.513.